The number of para-hydroxylation sites is 1. The van der Waals surface area contributed by atoms with E-state index in [1.54, 1.807) is 44.5 Å². The number of amides is 1. The maximum absolute atomic E-state index is 12.3. The van der Waals surface area contributed by atoms with Crippen molar-refractivity contribution in [2.45, 2.75) is 20.4 Å². The highest BCUT2D eigenvalue weighted by atomic mass is 16.5. The van der Waals surface area contributed by atoms with E-state index in [0.717, 1.165) is 22.2 Å². The van der Waals surface area contributed by atoms with Crippen molar-refractivity contribution in [3.05, 3.63) is 65.4 Å². The first-order valence-corrected chi connectivity index (χ1v) is 9.26. The van der Waals surface area contributed by atoms with Gasteiger partial charge in [-0.2, -0.15) is 5.10 Å². The minimum absolute atomic E-state index is 0.115. The molecule has 150 valence electrons. The molecule has 0 spiro atoms. The van der Waals surface area contributed by atoms with Gasteiger partial charge in [0.25, 0.3) is 5.91 Å². The Morgan fingerprint density at radius 3 is 2.72 bits per heavy atom. The Balaban J connectivity index is 1.85. The van der Waals surface area contributed by atoms with Crippen molar-refractivity contribution in [2.24, 2.45) is 5.10 Å². The smallest absolute Gasteiger partial charge is 0.325 e. The second-order valence-electron chi connectivity index (χ2n) is 6.34. The molecule has 3 aromatic rings. The van der Waals surface area contributed by atoms with Gasteiger partial charge in [0.1, 0.15) is 12.3 Å². The fourth-order valence-corrected chi connectivity index (χ4v) is 3.14. The number of nitrogens with zero attached hydrogens (tertiary/aromatic N) is 2. The Bertz CT molecular complexity index is 1070. The topological polar surface area (TPSA) is 81.9 Å². The number of ether oxygens (including phenoxy) is 2. The van der Waals surface area contributed by atoms with E-state index in [-0.39, 0.29) is 18.4 Å². The lowest BCUT2D eigenvalue weighted by atomic mass is 10.1. The van der Waals surface area contributed by atoms with Crippen LogP contribution in [-0.4, -0.2) is 36.4 Å². The van der Waals surface area contributed by atoms with Crippen LogP contribution >= 0.6 is 0 Å². The van der Waals surface area contributed by atoms with Crippen LogP contribution in [0, 0.1) is 6.92 Å². The fraction of sp³-hybridized carbons (Fsp3) is 0.227. The zero-order valence-electron chi connectivity index (χ0n) is 16.6. The van der Waals surface area contributed by atoms with Gasteiger partial charge >= 0.3 is 5.97 Å². The molecule has 1 heterocycles. The molecule has 0 saturated carbocycles. The monoisotopic (exact) mass is 393 g/mol. The molecule has 0 fully saturated rings. The Labute approximate surface area is 168 Å². The number of hydrogen-bond donors (Lipinski definition) is 1. The minimum atomic E-state index is -0.340. The molecule has 1 N–H and O–H groups in total. The molecule has 29 heavy (non-hydrogen) atoms. The first-order valence-electron chi connectivity index (χ1n) is 9.26. The molecule has 0 radical (unpaired) electrons. The number of hydrogen-bond acceptors (Lipinski definition) is 5. The Morgan fingerprint density at radius 1 is 1.17 bits per heavy atom. The number of benzene rings is 2. The average Bonchev–Trinajstić information content (AvgIpc) is 3.00. The van der Waals surface area contributed by atoms with Crippen LogP contribution in [0.3, 0.4) is 0 Å². The summed E-state index contributed by atoms with van der Waals surface area (Å²) in [5.41, 5.74) is 5.57. The third-order valence-corrected chi connectivity index (χ3v) is 4.56. The van der Waals surface area contributed by atoms with E-state index < -0.39 is 0 Å². The van der Waals surface area contributed by atoms with Gasteiger partial charge in [-0.15, -0.1) is 0 Å². The number of carbonyl (C=O) groups is 2. The summed E-state index contributed by atoms with van der Waals surface area (Å²) in [5, 5.41) is 5.06. The molecule has 7 heteroatoms. The number of carbonyl (C=O) groups excluding carboxylic acids is 2. The van der Waals surface area contributed by atoms with Crippen molar-refractivity contribution in [1.29, 1.82) is 0 Å². The third-order valence-electron chi connectivity index (χ3n) is 4.56. The van der Waals surface area contributed by atoms with Crippen LogP contribution in [0.5, 0.6) is 5.75 Å². The summed E-state index contributed by atoms with van der Waals surface area (Å²) in [6, 6.07) is 14.6. The summed E-state index contributed by atoms with van der Waals surface area (Å²) < 4.78 is 12.1. The van der Waals surface area contributed by atoms with Crippen LogP contribution in [0.1, 0.15) is 28.5 Å². The van der Waals surface area contributed by atoms with Gasteiger partial charge in [0, 0.05) is 27.7 Å². The minimum Gasteiger partial charge on any atom is -0.497 e. The molecular formula is C22H23N3O4. The lowest BCUT2D eigenvalue weighted by Crippen LogP contribution is -2.17. The first kappa shape index (κ1) is 20.1. The normalized spacial score (nSPS) is 11.0. The number of methoxy groups -OCH3 is 1. The molecular weight excluding hydrogens is 370 g/mol. The van der Waals surface area contributed by atoms with E-state index in [1.807, 2.05) is 35.8 Å². The third kappa shape index (κ3) is 4.45. The molecule has 0 aliphatic rings. The lowest BCUT2D eigenvalue weighted by Gasteiger charge is -2.07. The second-order valence-corrected chi connectivity index (χ2v) is 6.34. The summed E-state index contributed by atoms with van der Waals surface area (Å²) in [4.78, 5) is 24.3. The molecule has 0 saturated heterocycles. The van der Waals surface area contributed by atoms with E-state index in [9.17, 15) is 9.59 Å². The molecule has 0 unspecified atom stereocenters. The number of rotatable bonds is 7. The number of esters is 1. The molecule has 2 aromatic carbocycles. The van der Waals surface area contributed by atoms with Crippen LogP contribution in [0.25, 0.3) is 10.9 Å². The van der Waals surface area contributed by atoms with Crippen molar-refractivity contribution in [1.82, 2.24) is 9.99 Å². The molecule has 0 aliphatic carbocycles. The van der Waals surface area contributed by atoms with E-state index >= 15 is 0 Å². The fourth-order valence-electron chi connectivity index (χ4n) is 3.14. The van der Waals surface area contributed by atoms with Gasteiger partial charge in [-0.05, 0) is 38.1 Å². The van der Waals surface area contributed by atoms with Crippen molar-refractivity contribution in [3.63, 3.8) is 0 Å². The highest BCUT2D eigenvalue weighted by Crippen LogP contribution is 2.24. The largest absolute Gasteiger partial charge is 0.497 e. The number of nitrogens with one attached hydrogen (secondary N) is 1. The highest BCUT2D eigenvalue weighted by molar-refractivity contribution is 6.02. The zero-order valence-corrected chi connectivity index (χ0v) is 16.6. The Hall–Kier alpha value is -3.61. The van der Waals surface area contributed by atoms with Crippen molar-refractivity contribution >= 4 is 29.0 Å². The van der Waals surface area contributed by atoms with Crippen molar-refractivity contribution in [2.75, 3.05) is 13.7 Å². The summed E-state index contributed by atoms with van der Waals surface area (Å²) >= 11 is 0. The van der Waals surface area contributed by atoms with Gasteiger partial charge in [-0.3, -0.25) is 9.59 Å². The Morgan fingerprint density at radius 2 is 1.97 bits per heavy atom. The van der Waals surface area contributed by atoms with Crippen molar-refractivity contribution in [3.8, 4) is 5.75 Å². The molecule has 3 rings (SSSR count). The van der Waals surface area contributed by atoms with E-state index in [0.29, 0.717) is 17.9 Å². The van der Waals surface area contributed by atoms with Gasteiger partial charge in [0.05, 0.1) is 19.9 Å². The van der Waals surface area contributed by atoms with Gasteiger partial charge in [-0.1, -0.05) is 24.3 Å². The molecule has 0 aliphatic heterocycles. The number of aromatic nitrogens is 1. The standard InChI is InChI=1S/C22H23N3O4/c1-4-29-21(26)14-25-15(2)19(18-10-5-6-11-20(18)25)13-23-24-22(27)16-8-7-9-17(12-16)28-3/h5-13H,4,14H2,1-3H3,(H,24,27)/b23-13-. The molecule has 1 amide bonds. The molecule has 7 nitrogen and oxygen atoms in total. The van der Waals surface area contributed by atoms with Gasteiger partial charge in [0.15, 0.2) is 0 Å². The summed E-state index contributed by atoms with van der Waals surface area (Å²) in [7, 11) is 1.55. The second kappa shape index (κ2) is 9.05. The number of hydrazone groups is 1. The van der Waals surface area contributed by atoms with Crippen LogP contribution in [0.2, 0.25) is 0 Å². The summed E-state index contributed by atoms with van der Waals surface area (Å²) in [6.07, 6.45) is 1.59. The SMILES string of the molecule is CCOC(=O)Cn1c(C)c(/C=N\NC(=O)c2cccc(OC)c2)c2ccccc21. The van der Waals surface area contributed by atoms with E-state index in [1.165, 1.54) is 0 Å². The highest BCUT2D eigenvalue weighted by Gasteiger charge is 2.15. The first-order chi connectivity index (χ1) is 14.0. The van der Waals surface area contributed by atoms with E-state index in [4.69, 9.17) is 9.47 Å². The quantitative estimate of drug-likeness (QED) is 0.379. The predicted octanol–water partition coefficient (Wildman–Crippen LogP) is 3.29. The van der Waals surface area contributed by atoms with Crippen LogP contribution in [-0.2, 0) is 16.1 Å². The Kier molecular flexibility index (Phi) is 6.29. The maximum Gasteiger partial charge on any atom is 0.325 e. The van der Waals surface area contributed by atoms with Crippen LogP contribution in [0.15, 0.2) is 53.6 Å². The van der Waals surface area contributed by atoms with Crippen LogP contribution < -0.4 is 10.2 Å². The summed E-state index contributed by atoms with van der Waals surface area (Å²) in [6.45, 7) is 4.14. The molecule has 0 atom stereocenters. The van der Waals surface area contributed by atoms with Crippen LogP contribution in [0.4, 0.5) is 0 Å². The average molecular weight is 393 g/mol. The van der Waals surface area contributed by atoms with Gasteiger partial charge in [0.2, 0.25) is 0 Å². The molecule has 1 aromatic heterocycles. The van der Waals surface area contributed by atoms with Gasteiger partial charge < -0.3 is 14.0 Å². The predicted molar refractivity (Wildman–Crippen MR) is 111 cm³/mol. The van der Waals surface area contributed by atoms with E-state index in [2.05, 4.69) is 10.5 Å². The van der Waals surface area contributed by atoms with Crippen molar-refractivity contribution < 1.29 is 19.1 Å². The number of fused-ring (bicyclic) bond motifs is 1. The lowest BCUT2D eigenvalue weighted by molar-refractivity contribution is -0.143. The maximum atomic E-state index is 12.3. The zero-order chi connectivity index (χ0) is 20.8. The molecule has 0 bridgehead atoms. The summed E-state index contributed by atoms with van der Waals surface area (Å²) in [5.74, 6) is -0.0428. The van der Waals surface area contributed by atoms with Gasteiger partial charge in [-0.25, -0.2) is 5.43 Å².